The lowest BCUT2D eigenvalue weighted by Crippen LogP contribution is -2.26. The van der Waals surface area contributed by atoms with Gasteiger partial charge in [-0.05, 0) is 55.5 Å². The number of halogens is 1. The van der Waals surface area contributed by atoms with Crippen LogP contribution in [0, 0.1) is 11.8 Å². The molecule has 2 rings (SSSR count). The van der Waals surface area contributed by atoms with E-state index in [1.54, 1.807) is 0 Å². The number of hydrogen-bond donors (Lipinski definition) is 1. The first-order chi connectivity index (χ1) is 9.06. The van der Waals surface area contributed by atoms with Crippen molar-refractivity contribution in [3.05, 3.63) is 34.3 Å². The average Bonchev–Trinajstić information content (AvgIpc) is 2.86. The highest BCUT2D eigenvalue weighted by molar-refractivity contribution is 9.10. The molecule has 1 aliphatic heterocycles. The summed E-state index contributed by atoms with van der Waals surface area (Å²) in [4.78, 5) is 2.57. The van der Waals surface area contributed by atoms with Crippen LogP contribution < -0.4 is 5.73 Å². The molecule has 2 N–H and O–H groups in total. The van der Waals surface area contributed by atoms with Crippen LogP contribution in [0.15, 0.2) is 28.7 Å². The van der Waals surface area contributed by atoms with Gasteiger partial charge in [0.1, 0.15) is 0 Å². The van der Waals surface area contributed by atoms with Crippen molar-refractivity contribution >= 4 is 15.9 Å². The molecule has 0 aliphatic carbocycles. The van der Waals surface area contributed by atoms with Gasteiger partial charge in [-0.2, -0.15) is 0 Å². The quantitative estimate of drug-likeness (QED) is 0.892. The SMILES string of the molecule is CC(C)C1CCN(CCC(N)c2ccc(Br)cc2)C1. The van der Waals surface area contributed by atoms with Crippen LogP contribution >= 0.6 is 15.9 Å². The summed E-state index contributed by atoms with van der Waals surface area (Å²) in [6.07, 6.45) is 2.40. The highest BCUT2D eigenvalue weighted by atomic mass is 79.9. The lowest BCUT2D eigenvalue weighted by Gasteiger charge is -2.20. The smallest absolute Gasteiger partial charge is 0.0307 e. The fourth-order valence-corrected chi connectivity index (χ4v) is 3.07. The third kappa shape index (κ3) is 4.30. The van der Waals surface area contributed by atoms with Gasteiger partial charge < -0.3 is 10.6 Å². The largest absolute Gasteiger partial charge is 0.324 e. The topological polar surface area (TPSA) is 29.3 Å². The van der Waals surface area contributed by atoms with Gasteiger partial charge >= 0.3 is 0 Å². The second-order valence-electron chi connectivity index (χ2n) is 6.04. The van der Waals surface area contributed by atoms with Crippen molar-refractivity contribution in [1.82, 2.24) is 4.90 Å². The second kappa shape index (κ2) is 6.87. The Hall–Kier alpha value is -0.380. The Labute approximate surface area is 125 Å². The fourth-order valence-electron chi connectivity index (χ4n) is 2.81. The van der Waals surface area contributed by atoms with E-state index in [0.29, 0.717) is 0 Å². The summed E-state index contributed by atoms with van der Waals surface area (Å²) in [6, 6.07) is 8.54. The van der Waals surface area contributed by atoms with Gasteiger partial charge in [0.2, 0.25) is 0 Å². The molecule has 2 nitrogen and oxygen atoms in total. The Bertz CT molecular complexity index is 388. The summed E-state index contributed by atoms with van der Waals surface area (Å²) in [6.45, 7) is 8.30. The van der Waals surface area contributed by atoms with E-state index in [-0.39, 0.29) is 6.04 Å². The molecule has 2 unspecified atom stereocenters. The molecule has 1 aliphatic rings. The van der Waals surface area contributed by atoms with Gasteiger partial charge in [-0.15, -0.1) is 0 Å². The highest BCUT2D eigenvalue weighted by Gasteiger charge is 2.24. The second-order valence-corrected chi connectivity index (χ2v) is 6.96. The lowest BCUT2D eigenvalue weighted by molar-refractivity contribution is 0.292. The number of nitrogens with zero attached hydrogens (tertiary/aromatic N) is 1. The summed E-state index contributed by atoms with van der Waals surface area (Å²) in [5.41, 5.74) is 7.51. The Morgan fingerprint density at radius 3 is 2.58 bits per heavy atom. The Kier molecular flexibility index (Phi) is 5.43. The van der Waals surface area contributed by atoms with E-state index in [1.807, 2.05) is 0 Å². The molecule has 0 radical (unpaired) electrons. The van der Waals surface area contributed by atoms with Gasteiger partial charge in [-0.3, -0.25) is 0 Å². The van der Waals surface area contributed by atoms with Crippen LogP contribution in [0.5, 0.6) is 0 Å². The minimum atomic E-state index is 0.159. The van der Waals surface area contributed by atoms with Gasteiger partial charge in [0.25, 0.3) is 0 Å². The number of likely N-dealkylation sites (tertiary alicyclic amines) is 1. The van der Waals surface area contributed by atoms with E-state index < -0.39 is 0 Å². The van der Waals surface area contributed by atoms with E-state index in [9.17, 15) is 0 Å². The highest BCUT2D eigenvalue weighted by Crippen LogP contribution is 2.25. The molecule has 0 spiro atoms. The summed E-state index contributed by atoms with van der Waals surface area (Å²) >= 11 is 3.46. The molecule has 1 aromatic carbocycles. The molecule has 1 fully saturated rings. The van der Waals surface area contributed by atoms with E-state index in [4.69, 9.17) is 5.73 Å². The first kappa shape index (κ1) is 15.0. The molecule has 3 heteroatoms. The Morgan fingerprint density at radius 2 is 2.00 bits per heavy atom. The maximum absolute atomic E-state index is 6.28. The normalized spacial score (nSPS) is 22.1. The molecule has 0 aromatic heterocycles. The lowest BCUT2D eigenvalue weighted by atomic mass is 9.95. The zero-order valence-electron chi connectivity index (χ0n) is 12.0. The van der Waals surface area contributed by atoms with Crippen molar-refractivity contribution in [3.8, 4) is 0 Å². The van der Waals surface area contributed by atoms with Crippen molar-refractivity contribution < 1.29 is 0 Å². The molecule has 0 amide bonds. The fraction of sp³-hybridized carbons (Fsp3) is 0.625. The van der Waals surface area contributed by atoms with Gasteiger partial charge in [0.15, 0.2) is 0 Å². The number of benzene rings is 1. The maximum Gasteiger partial charge on any atom is 0.0307 e. The van der Waals surface area contributed by atoms with Crippen LogP contribution in [0.4, 0.5) is 0 Å². The first-order valence-corrected chi connectivity index (χ1v) is 8.09. The van der Waals surface area contributed by atoms with Crippen LogP contribution in [0.2, 0.25) is 0 Å². The van der Waals surface area contributed by atoms with Crippen molar-refractivity contribution in [2.75, 3.05) is 19.6 Å². The third-order valence-electron chi connectivity index (χ3n) is 4.31. The van der Waals surface area contributed by atoms with Crippen molar-refractivity contribution in [1.29, 1.82) is 0 Å². The molecule has 2 atom stereocenters. The first-order valence-electron chi connectivity index (χ1n) is 7.29. The minimum Gasteiger partial charge on any atom is -0.324 e. The number of rotatable bonds is 5. The van der Waals surface area contributed by atoms with Gasteiger partial charge in [-0.1, -0.05) is 41.9 Å². The molecule has 19 heavy (non-hydrogen) atoms. The summed E-state index contributed by atoms with van der Waals surface area (Å²) in [7, 11) is 0. The van der Waals surface area contributed by atoms with Crippen LogP contribution in [0.1, 0.15) is 38.3 Å². The van der Waals surface area contributed by atoms with Crippen LogP contribution in [-0.2, 0) is 0 Å². The zero-order chi connectivity index (χ0) is 13.8. The third-order valence-corrected chi connectivity index (χ3v) is 4.83. The standard InChI is InChI=1S/C16H25BrN2/c1-12(2)14-7-9-19(11-14)10-8-16(18)13-3-5-15(17)6-4-13/h3-6,12,14,16H,7-11,18H2,1-2H3. The zero-order valence-corrected chi connectivity index (χ0v) is 13.6. The predicted octanol–water partition coefficient (Wildman–Crippen LogP) is 3.82. The molecular formula is C16H25BrN2. The van der Waals surface area contributed by atoms with E-state index in [2.05, 4.69) is 58.9 Å². The van der Waals surface area contributed by atoms with Crippen molar-refractivity contribution in [3.63, 3.8) is 0 Å². The maximum atomic E-state index is 6.28. The minimum absolute atomic E-state index is 0.159. The molecular weight excluding hydrogens is 300 g/mol. The van der Waals surface area contributed by atoms with Gasteiger partial charge in [0.05, 0.1) is 0 Å². The Morgan fingerprint density at radius 1 is 1.32 bits per heavy atom. The predicted molar refractivity (Wildman–Crippen MR) is 85.1 cm³/mol. The monoisotopic (exact) mass is 324 g/mol. The van der Waals surface area contributed by atoms with Gasteiger partial charge in [0, 0.05) is 17.1 Å². The molecule has 1 saturated heterocycles. The van der Waals surface area contributed by atoms with Crippen LogP contribution in [0.25, 0.3) is 0 Å². The summed E-state index contributed by atoms with van der Waals surface area (Å²) < 4.78 is 1.11. The van der Waals surface area contributed by atoms with Gasteiger partial charge in [-0.25, -0.2) is 0 Å². The molecule has 1 heterocycles. The number of hydrogen-bond acceptors (Lipinski definition) is 2. The van der Waals surface area contributed by atoms with E-state index >= 15 is 0 Å². The molecule has 106 valence electrons. The number of nitrogens with two attached hydrogens (primary N) is 1. The molecule has 0 saturated carbocycles. The molecule has 1 aromatic rings. The van der Waals surface area contributed by atoms with Crippen LogP contribution in [-0.4, -0.2) is 24.5 Å². The van der Waals surface area contributed by atoms with Crippen molar-refractivity contribution in [2.45, 2.75) is 32.7 Å². The summed E-state index contributed by atoms with van der Waals surface area (Å²) in [5.74, 6) is 1.69. The molecule has 0 bridgehead atoms. The van der Waals surface area contributed by atoms with Crippen LogP contribution in [0.3, 0.4) is 0 Å². The average molecular weight is 325 g/mol. The van der Waals surface area contributed by atoms with Crippen molar-refractivity contribution in [2.24, 2.45) is 17.6 Å². The Balaban J connectivity index is 1.78. The summed E-state index contributed by atoms with van der Waals surface area (Å²) in [5, 5.41) is 0. The van der Waals surface area contributed by atoms with E-state index in [1.165, 1.54) is 25.1 Å². The van der Waals surface area contributed by atoms with E-state index in [0.717, 1.165) is 29.3 Å².